The van der Waals surface area contributed by atoms with Crippen molar-refractivity contribution in [2.45, 2.75) is 31.4 Å². The lowest BCUT2D eigenvalue weighted by Crippen LogP contribution is -2.54. The van der Waals surface area contributed by atoms with Crippen LogP contribution in [0.1, 0.15) is 18.5 Å². The summed E-state index contributed by atoms with van der Waals surface area (Å²) in [4.78, 5) is 2.16. The lowest BCUT2D eigenvalue weighted by Gasteiger charge is -2.44. The number of rotatable bonds is 3. The molecule has 3 aromatic rings. The molecule has 6 nitrogen and oxygen atoms in total. The zero-order valence-corrected chi connectivity index (χ0v) is 17.6. The van der Waals surface area contributed by atoms with Gasteiger partial charge in [0, 0.05) is 48.1 Å². The molecule has 0 saturated carbocycles. The maximum absolute atomic E-state index is 14.3. The Morgan fingerprint density at radius 2 is 1.94 bits per heavy atom. The highest BCUT2D eigenvalue weighted by Gasteiger charge is 2.38. The first kappa shape index (κ1) is 21.9. The van der Waals surface area contributed by atoms with Crippen molar-refractivity contribution < 1.29 is 31.4 Å². The quantitative estimate of drug-likeness (QED) is 0.577. The molecule has 1 N–H and O–H groups in total. The summed E-state index contributed by atoms with van der Waals surface area (Å²) in [5.41, 5.74) is 0.666. The molecule has 5 rings (SSSR count). The van der Waals surface area contributed by atoms with E-state index in [1.807, 2.05) is 6.92 Å². The summed E-state index contributed by atoms with van der Waals surface area (Å²) in [7, 11) is 0. The van der Waals surface area contributed by atoms with E-state index in [0.29, 0.717) is 31.0 Å². The Balaban J connectivity index is 1.58. The van der Waals surface area contributed by atoms with E-state index in [0.717, 1.165) is 18.3 Å². The van der Waals surface area contributed by atoms with Gasteiger partial charge in [0.25, 0.3) is 0 Å². The first-order valence-corrected chi connectivity index (χ1v) is 10.5. The van der Waals surface area contributed by atoms with Crippen LogP contribution in [0.3, 0.4) is 0 Å². The average Bonchev–Trinajstić information content (AvgIpc) is 3.18. The third-order valence-corrected chi connectivity index (χ3v) is 6.01. The molecule has 3 atom stereocenters. The van der Waals surface area contributed by atoms with E-state index in [9.17, 15) is 22.0 Å². The molecule has 3 unspecified atom stereocenters. The highest BCUT2D eigenvalue weighted by atomic mass is 19.4. The van der Waals surface area contributed by atoms with Gasteiger partial charge in [-0.3, -0.25) is 4.90 Å². The Labute approximate surface area is 185 Å². The van der Waals surface area contributed by atoms with Crippen molar-refractivity contribution in [1.82, 2.24) is 14.7 Å². The predicted octanol–water partition coefficient (Wildman–Crippen LogP) is 4.43. The van der Waals surface area contributed by atoms with Crippen LogP contribution >= 0.6 is 0 Å². The highest BCUT2D eigenvalue weighted by molar-refractivity contribution is 5.91. The second-order valence-electron chi connectivity index (χ2n) is 8.29. The van der Waals surface area contributed by atoms with Crippen LogP contribution in [0.15, 0.2) is 36.5 Å². The molecule has 0 amide bonds. The van der Waals surface area contributed by atoms with Crippen molar-refractivity contribution >= 4 is 16.6 Å². The summed E-state index contributed by atoms with van der Waals surface area (Å²) in [6.45, 7) is 3.93. The van der Waals surface area contributed by atoms with Gasteiger partial charge in [0.05, 0.1) is 30.3 Å². The number of aromatic nitrogens is 2. The van der Waals surface area contributed by atoms with Gasteiger partial charge in [0.1, 0.15) is 24.0 Å². The zero-order valence-electron chi connectivity index (χ0n) is 17.6. The topological polar surface area (TPSA) is 51.5 Å². The minimum atomic E-state index is -4.73. The largest absolute Gasteiger partial charge is 0.504 e. The minimum absolute atomic E-state index is 0.0140. The lowest BCUT2D eigenvalue weighted by molar-refractivity contribution is -0.211. The van der Waals surface area contributed by atoms with E-state index in [4.69, 9.17) is 9.47 Å². The van der Waals surface area contributed by atoms with Crippen LogP contribution in [-0.2, 0) is 11.0 Å². The van der Waals surface area contributed by atoms with Crippen LogP contribution in [0.25, 0.3) is 10.9 Å². The van der Waals surface area contributed by atoms with Gasteiger partial charge >= 0.3 is 6.30 Å². The molecular formula is C22H21F5N4O2. The minimum Gasteiger partial charge on any atom is -0.491 e. The summed E-state index contributed by atoms with van der Waals surface area (Å²) < 4.78 is 79.1. The number of nitrogens with one attached hydrogen (secondary N) is 1. The number of benzene rings is 2. The molecule has 3 heterocycles. The van der Waals surface area contributed by atoms with Gasteiger partial charge in [-0.2, -0.15) is 9.78 Å². The molecule has 2 aliphatic heterocycles. The van der Waals surface area contributed by atoms with E-state index in [1.165, 1.54) is 12.1 Å². The number of ether oxygens (including phenoxy) is 2. The molecule has 2 aliphatic rings. The Kier molecular flexibility index (Phi) is 5.40. The Morgan fingerprint density at radius 3 is 2.70 bits per heavy atom. The first-order chi connectivity index (χ1) is 15.7. The number of fused-ring (bicyclic) bond motifs is 2. The number of morpholine rings is 1. The standard InChI is InChI=1S/C22H21F5N4O2/c1-12-9-30(4-5-32-12)19-11-33-20-8-13(23)2-3-15(20)21(19)28-17-6-14(24)7-18-16(17)10-31(29-18)22(25,26)27/h2-3,6-8,10,12,19,21,28H,4-5,9,11H2,1H3. The lowest BCUT2D eigenvalue weighted by atomic mass is 9.93. The molecular weight excluding hydrogens is 447 g/mol. The third-order valence-electron chi connectivity index (χ3n) is 6.01. The number of anilines is 1. The van der Waals surface area contributed by atoms with Crippen molar-refractivity contribution in [2.24, 2.45) is 0 Å². The highest BCUT2D eigenvalue weighted by Crippen LogP contribution is 2.39. The molecule has 0 aliphatic carbocycles. The summed E-state index contributed by atoms with van der Waals surface area (Å²) in [6.07, 6.45) is -3.92. The molecule has 33 heavy (non-hydrogen) atoms. The fraction of sp³-hybridized carbons (Fsp3) is 0.409. The van der Waals surface area contributed by atoms with Gasteiger partial charge in [-0.05, 0) is 19.1 Å². The number of nitrogens with zero attached hydrogens (tertiary/aromatic N) is 3. The van der Waals surface area contributed by atoms with E-state index in [2.05, 4.69) is 15.3 Å². The van der Waals surface area contributed by atoms with Crippen LogP contribution in [0.5, 0.6) is 5.75 Å². The molecule has 1 aromatic heterocycles. The van der Waals surface area contributed by atoms with Gasteiger partial charge in [0.2, 0.25) is 0 Å². The summed E-state index contributed by atoms with van der Waals surface area (Å²) in [6, 6.07) is 5.49. The zero-order chi connectivity index (χ0) is 23.3. The molecule has 0 spiro atoms. The number of halogens is 5. The Hall–Kier alpha value is -2.92. The normalized spacial score (nSPS) is 23.9. The van der Waals surface area contributed by atoms with Crippen molar-refractivity contribution in [3.8, 4) is 5.75 Å². The summed E-state index contributed by atoms with van der Waals surface area (Å²) >= 11 is 0. The van der Waals surface area contributed by atoms with Crippen LogP contribution in [-0.4, -0.2) is 53.1 Å². The van der Waals surface area contributed by atoms with Crippen LogP contribution in [0, 0.1) is 11.6 Å². The maximum atomic E-state index is 14.3. The fourth-order valence-corrected chi connectivity index (χ4v) is 4.51. The predicted molar refractivity (Wildman–Crippen MR) is 110 cm³/mol. The monoisotopic (exact) mass is 468 g/mol. The van der Waals surface area contributed by atoms with Crippen molar-refractivity contribution in [3.05, 3.63) is 53.7 Å². The Morgan fingerprint density at radius 1 is 1.12 bits per heavy atom. The molecule has 11 heteroatoms. The van der Waals surface area contributed by atoms with Gasteiger partial charge in [-0.15, -0.1) is 13.2 Å². The van der Waals surface area contributed by atoms with E-state index in [1.54, 1.807) is 6.07 Å². The van der Waals surface area contributed by atoms with Crippen LogP contribution in [0.4, 0.5) is 27.6 Å². The van der Waals surface area contributed by atoms with Crippen molar-refractivity contribution in [3.63, 3.8) is 0 Å². The van der Waals surface area contributed by atoms with Gasteiger partial charge in [0.15, 0.2) is 0 Å². The molecule has 2 aromatic carbocycles. The van der Waals surface area contributed by atoms with Crippen LogP contribution in [0.2, 0.25) is 0 Å². The molecule has 1 saturated heterocycles. The molecule has 0 bridgehead atoms. The molecule has 0 radical (unpaired) electrons. The molecule has 176 valence electrons. The number of alkyl halides is 3. The van der Waals surface area contributed by atoms with Crippen LogP contribution < -0.4 is 10.1 Å². The first-order valence-electron chi connectivity index (χ1n) is 10.5. The summed E-state index contributed by atoms with van der Waals surface area (Å²) in [5, 5.41) is 6.83. The van der Waals surface area contributed by atoms with Crippen molar-refractivity contribution in [1.29, 1.82) is 0 Å². The average molecular weight is 468 g/mol. The van der Waals surface area contributed by atoms with Crippen molar-refractivity contribution in [2.75, 3.05) is 31.6 Å². The van der Waals surface area contributed by atoms with Gasteiger partial charge in [-0.25, -0.2) is 8.78 Å². The Bertz CT molecular complexity index is 1180. The SMILES string of the molecule is CC1CN(C2COc3cc(F)ccc3C2Nc2cc(F)cc3nn(C(F)(F)F)cc23)CCO1. The van der Waals surface area contributed by atoms with E-state index >= 15 is 0 Å². The van der Waals surface area contributed by atoms with Gasteiger partial charge < -0.3 is 14.8 Å². The molecule has 1 fully saturated rings. The fourth-order valence-electron chi connectivity index (χ4n) is 4.51. The maximum Gasteiger partial charge on any atom is 0.504 e. The second-order valence-corrected chi connectivity index (χ2v) is 8.29. The number of hydrogen-bond donors (Lipinski definition) is 1. The van der Waals surface area contributed by atoms with E-state index < -0.39 is 24.0 Å². The van der Waals surface area contributed by atoms with Gasteiger partial charge in [-0.1, -0.05) is 6.07 Å². The van der Waals surface area contributed by atoms with E-state index in [-0.39, 0.29) is 40.0 Å². The summed E-state index contributed by atoms with van der Waals surface area (Å²) in [5.74, 6) is -0.852. The third kappa shape index (κ3) is 4.22. The number of hydrogen-bond acceptors (Lipinski definition) is 5. The smallest absolute Gasteiger partial charge is 0.491 e. The second kappa shape index (κ2) is 8.14.